The molecule has 1 aromatic heterocycles. The van der Waals surface area contributed by atoms with E-state index in [2.05, 4.69) is 15.3 Å². The zero-order valence-electron chi connectivity index (χ0n) is 10.0. The van der Waals surface area contributed by atoms with E-state index >= 15 is 0 Å². The number of carbonyl (C=O) groups excluding carboxylic acids is 1. The van der Waals surface area contributed by atoms with Crippen molar-refractivity contribution in [2.24, 2.45) is 0 Å². The van der Waals surface area contributed by atoms with Crippen molar-refractivity contribution in [3.8, 4) is 0 Å². The van der Waals surface area contributed by atoms with Crippen molar-refractivity contribution in [1.82, 2.24) is 9.97 Å². The van der Waals surface area contributed by atoms with Crippen LogP contribution in [0.5, 0.6) is 0 Å². The third kappa shape index (κ3) is 2.89. The van der Waals surface area contributed by atoms with E-state index in [0.717, 1.165) is 0 Å². The lowest BCUT2D eigenvalue weighted by Gasteiger charge is -2.06. The highest BCUT2D eigenvalue weighted by Crippen LogP contribution is 2.17. The van der Waals surface area contributed by atoms with Gasteiger partial charge in [-0.25, -0.2) is 4.98 Å². The van der Waals surface area contributed by atoms with Crippen LogP contribution in [0.25, 0.3) is 0 Å². The number of aryl methyl sites for hydroxylation is 1. The molecular formula is C12H10N4O3. The highest BCUT2D eigenvalue weighted by Gasteiger charge is 2.13. The fourth-order valence-corrected chi connectivity index (χ4v) is 1.56. The molecule has 0 aliphatic rings. The van der Waals surface area contributed by atoms with E-state index in [-0.39, 0.29) is 11.6 Å². The Kier molecular flexibility index (Phi) is 3.46. The van der Waals surface area contributed by atoms with Gasteiger partial charge in [0.1, 0.15) is 0 Å². The summed E-state index contributed by atoms with van der Waals surface area (Å²) in [6, 6.07) is 4.06. The van der Waals surface area contributed by atoms with Gasteiger partial charge in [-0.05, 0) is 18.6 Å². The molecule has 19 heavy (non-hydrogen) atoms. The zero-order chi connectivity index (χ0) is 13.8. The summed E-state index contributed by atoms with van der Waals surface area (Å²) in [5.74, 6) is -0.0573. The van der Waals surface area contributed by atoms with Gasteiger partial charge in [-0.3, -0.25) is 19.9 Å². The first-order valence-electron chi connectivity index (χ1n) is 5.40. The number of nitrogens with zero attached hydrogens (tertiary/aromatic N) is 3. The normalized spacial score (nSPS) is 9.95. The standard InChI is InChI=1S/C12H10N4O3/c1-8-6-9(16(18)19)2-3-10(8)12(17)15-11-7-13-4-5-14-11/h2-7H,1H3,(H,14,15,17). The van der Waals surface area contributed by atoms with Crippen LogP contribution in [0, 0.1) is 17.0 Å². The number of rotatable bonds is 3. The van der Waals surface area contributed by atoms with Crippen molar-refractivity contribution in [2.45, 2.75) is 6.92 Å². The van der Waals surface area contributed by atoms with E-state index < -0.39 is 4.92 Å². The van der Waals surface area contributed by atoms with Crippen LogP contribution >= 0.6 is 0 Å². The van der Waals surface area contributed by atoms with Gasteiger partial charge < -0.3 is 5.32 Å². The minimum atomic E-state index is -0.503. The van der Waals surface area contributed by atoms with Crippen molar-refractivity contribution >= 4 is 17.4 Å². The largest absolute Gasteiger partial charge is 0.305 e. The van der Waals surface area contributed by atoms with Crippen LogP contribution in [0.4, 0.5) is 11.5 Å². The third-order valence-corrected chi connectivity index (χ3v) is 2.47. The molecule has 0 bridgehead atoms. The molecule has 96 valence electrons. The zero-order valence-corrected chi connectivity index (χ0v) is 10.0. The van der Waals surface area contributed by atoms with E-state index in [0.29, 0.717) is 16.9 Å². The fourth-order valence-electron chi connectivity index (χ4n) is 1.56. The Morgan fingerprint density at radius 2 is 2.16 bits per heavy atom. The van der Waals surface area contributed by atoms with Crippen molar-refractivity contribution in [3.05, 3.63) is 58.0 Å². The number of benzene rings is 1. The monoisotopic (exact) mass is 258 g/mol. The number of amides is 1. The molecule has 0 saturated carbocycles. The minimum Gasteiger partial charge on any atom is -0.305 e. The highest BCUT2D eigenvalue weighted by atomic mass is 16.6. The molecule has 0 aliphatic carbocycles. The summed E-state index contributed by atoms with van der Waals surface area (Å²) >= 11 is 0. The van der Waals surface area contributed by atoms with E-state index in [9.17, 15) is 14.9 Å². The predicted octanol–water partition coefficient (Wildman–Crippen LogP) is 1.95. The molecule has 0 spiro atoms. The van der Waals surface area contributed by atoms with E-state index in [1.807, 2.05) is 0 Å². The van der Waals surface area contributed by atoms with E-state index in [4.69, 9.17) is 0 Å². The summed E-state index contributed by atoms with van der Waals surface area (Å²) in [7, 11) is 0. The van der Waals surface area contributed by atoms with Gasteiger partial charge in [-0.1, -0.05) is 0 Å². The molecule has 0 radical (unpaired) electrons. The van der Waals surface area contributed by atoms with Gasteiger partial charge in [-0.2, -0.15) is 0 Å². The third-order valence-electron chi connectivity index (χ3n) is 2.47. The first kappa shape index (κ1) is 12.6. The van der Waals surface area contributed by atoms with Gasteiger partial charge in [0.15, 0.2) is 5.82 Å². The Morgan fingerprint density at radius 3 is 2.74 bits per heavy atom. The number of nitro benzene ring substituents is 1. The number of non-ortho nitro benzene ring substituents is 1. The summed E-state index contributed by atoms with van der Waals surface area (Å²) in [5.41, 5.74) is 0.834. The Morgan fingerprint density at radius 1 is 1.37 bits per heavy atom. The maximum Gasteiger partial charge on any atom is 0.269 e. The predicted molar refractivity (Wildman–Crippen MR) is 67.8 cm³/mol. The molecule has 7 heteroatoms. The number of hydrogen-bond acceptors (Lipinski definition) is 5. The minimum absolute atomic E-state index is 0.0476. The molecule has 2 aromatic rings. The maximum atomic E-state index is 12.0. The average Bonchev–Trinajstić information content (AvgIpc) is 2.39. The van der Waals surface area contributed by atoms with Crippen LogP contribution in [0.2, 0.25) is 0 Å². The number of nitro groups is 1. The Hall–Kier alpha value is -2.83. The van der Waals surface area contributed by atoms with Crippen LogP contribution in [0.1, 0.15) is 15.9 Å². The van der Waals surface area contributed by atoms with Crippen molar-refractivity contribution in [1.29, 1.82) is 0 Å². The van der Waals surface area contributed by atoms with Gasteiger partial charge in [0, 0.05) is 30.1 Å². The van der Waals surface area contributed by atoms with Crippen LogP contribution in [-0.4, -0.2) is 20.8 Å². The lowest BCUT2D eigenvalue weighted by Crippen LogP contribution is -2.14. The molecule has 0 atom stereocenters. The Bertz CT molecular complexity index is 628. The van der Waals surface area contributed by atoms with Crippen LogP contribution in [-0.2, 0) is 0 Å². The molecule has 7 nitrogen and oxygen atoms in total. The second-order valence-corrected chi connectivity index (χ2v) is 3.80. The topological polar surface area (TPSA) is 98.0 Å². The van der Waals surface area contributed by atoms with Gasteiger partial charge in [0.2, 0.25) is 0 Å². The fraction of sp³-hybridized carbons (Fsp3) is 0.0833. The molecule has 1 N–H and O–H groups in total. The van der Waals surface area contributed by atoms with E-state index in [1.165, 1.54) is 36.8 Å². The van der Waals surface area contributed by atoms with Crippen LogP contribution in [0.15, 0.2) is 36.8 Å². The number of hydrogen-bond donors (Lipinski definition) is 1. The first-order valence-corrected chi connectivity index (χ1v) is 5.40. The van der Waals surface area contributed by atoms with Gasteiger partial charge in [0.05, 0.1) is 11.1 Å². The summed E-state index contributed by atoms with van der Waals surface area (Å²) < 4.78 is 0. The van der Waals surface area contributed by atoms with Crippen molar-refractivity contribution in [2.75, 3.05) is 5.32 Å². The molecule has 0 saturated heterocycles. The van der Waals surface area contributed by atoms with Crippen LogP contribution in [0.3, 0.4) is 0 Å². The first-order chi connectivity index (χ1) is 9.08. The molecule has 1 heterocycles. The van der Waals surface area contributed by atoms with Crippen molar-refractivity contribution < 1.29 is 9.72 Å². The molecule has 1 aromatic carbocycles. The summed E-state index contributed by atoms with van der Waals surface area (Å²) in [4.78, 5) is 29.8. The number of aromatic nitrogens is 2. The summed E-state index contributed by atoms with van der Waals surface area (Å²) in [6.07, 6.45) is 4.36. The molecular weight excluding hydrogens is 248 g/mol. The number of nitrogens with one attached hydrogen (secondary N) is 1. The van der Waals surface area contributed by atoms with Crippen LogP contribution < -0.4 is 5.32 Å². The second-order valence-electron chi connectivity index (χ2n) is 3.80. The smallest absolute Gasteiger partial charge is 0.269 e. The molecule has 2 rings (SSSR count). The number of anilines is 1. The highest BCUT2D eigenvalue weighted by molar-refractivity contribution is 6.04. The molecule has 1 amide bonds. The molecule has 0 unspecified atom stereocenters. The molecule has 0 aliphatic heterocycles. The Balaban J connectivity index is 2.22. The Labute approximate surface area is 108 Å². The van der Waals surface area contributed by atoms with E-state index in [1.54, 1.807) is 6.92 Å². The lowest BCUT2D eigenvalue weighted by molar-refractivity contribution is -0.384. The average molecular weight is 258 g/mol. The second kappa shape index (κ2) is 5.21. The molecule has 0 fully saturated rings. The van der Waals surface area contributed by atoms with Gasteiger partial charge in [0.25, 0.3) is 11.6 Å². The van der Waals surface area contributed by atoms with Gasteiger partial charge in [-0.15, -0.1) is 0 Å². The quantitative estimate of drug-likeness (QED) is 0.670. The summed E-state index contributed by atoms with van der Waals surface area (Å²) in [5, 5.41) is 13.2. The summed E-state index contributed by atoms with van der Waals surface area (Å²) in [6.45, 7) is 1.64. The maximum absolute atomic E-state index is 12.0. The lowest BCUT2D eigenvalue weighted by atomic mass is 10.1. The number of carbonyl (C=O) groups is 1. The van der Waals surface area contributed by atoms with Gasteiger partial charge >= 0.3 is 0 Å². The van der Waals surface area contributed by atoms with Crippen molar-refractivity contribution in [3.63, 3.8) is 0 Å². The SMILES string of the molecule is Cc1cc([N+](=O)[O-])ccc1C(=O)Nc1cnccn1.